The van der Waals surface area contributed by atoms with Crippen molar-refractivity contribution in [1.82, 2.24) is 0 Å². The molecule has 0 aromatic heterocycles. The molecule has 1 heterocycles. The highest BCUT2D eigenvalue weighted by molar-refractivity contribution is 5.77. The van der Waals surface area contributed by atoms with Crippen LogP contribution in [0.4, 0.5) is 0 Å². The highest BCUT2D eigenvalue weighted by Crippen LogP contribution is 2.30. The normalized spacial score (nSPS) is 27.0. The van der Waals surface area contributed by atoms with E-state index in [0.29, 0.717) is 12.3 Å². The van der Waals surface area contributed by atoms with Gasteiger partial charge in [-0.2, -0.15) is 0 Å². The Hall–Kier alpha value is -2.20. The lowest BCUT2D eigenvalue weighted by Crippen LogP contribution is -2.63. The predicted molar refractivity (Wildman–Crippen MR) is 92.7 cm³/mol. The van der Waals surface area contributed by atoms with Gasteiger partial charge in [-0.15, -0.1) is 0 Å². The molecule has 28 heavy (non-hydrogen) atoms. The molecule has 10 heteroatoms. The van der Waals surface area contributed by atoms with Crippen LogP contribution < -0.4 is 0 Å². The Balaban J connectivity index is 3.26. The smallest absolute Gasteiger partial charge is 0.339 e. The fourth-order valence-corrected chi connectivity index (χ4v) is 2.63. The minimum Gasteiger partial charge on any atom is -0.467 e. The van der Waals surface area contributed by atoms with Gasteiger partial charge in [-0.3, -0.25) is 14.4 Å². The van der Waals surface area contributed by atoms with Gasteiger partial charge in [-0.05, 0) is 12.3 Å². The van der Waals surface area contributed by atoms with Gasteiger partial charge in [-0.25, -0.2) is 4.79 Å². The van der Waals surface area contributed by atoms with Crippen LogP contribution in [0.25, 0.3) is 0 Å². The molecule has 0 amide bonds. The largest absolute Gasteiger partial charge is 0.467 e. The molecule has 0 aromatic carbocycles. The van der Waals surface area contributed by atoms with Crippen molar-refractivity contribution in [3.05, 3.63) is 0 Å². The van der Waals surface area contributed by atoms with E-state index in [1.165, 1.54) is 0 Å². The summed E-state index contributed by atoms with van der Waals surface area (Å²) in [6.45, 7) is 7.62. The summed E-state index contributed by atoms with van der Waals surface area (Å²) >= 11 is 0. The van der Waals surface area contributed by atoms with Crippen molar-refractivity contribution in [3.63, 3.8) is 0 Å². The van der Waals surface area contributed by atoms with Gasteiger partial charge in [-0.1, -0.05) is 13.8 Å². The molecule has 1 rings (SSSR count). The van der Waals surface area contributed by atoms with E-state index in [0.717, 1.165) is 27.9 Å². The monoisotopic (exact) mass is 404 g/mol. The second kappa shape index (κ2) is 11.0. The van der Waals surface area contributed by atoms with E-state index in [1.54, 1.807) is 0 Å². The Kier molecular flexibility index (Phi) is 9.33. The molecule has 1 saturated heterocycles. The Bertz CT molecular complexity index is 573. The van der Waals surface area contributed by atoms with E-state index < -0.39 is 54.6 Å². The summed E-state index contributed by atoms with van der Waals surface area (Å²) in [5.74, 6) is -2.71. The molecule has 0 spiro atoms. The van der Waals surface area contributed by atoms with Gasteiger partial charge < -0.3 is 28.4 Å². The van der Waals surface area contributed by atoms with E-state index in [2.05, 4.69) is 0 Å². The molecule has 0 aliphatic carbocycles. The molecule has 160 valence electrons. The molecule has 0 saturated carbocycles. The van der Waals surface area contributed by atoms with Crippen LogP contribution in [-0.4, -0.2) is 68.3 Å². The van der Waals surface area contributed by atoms with Crippen LogP contribution in [0.5, 0.6) is 0 Å². The fourth-order valence-electron chi connectivity index (χ4n) is 2.63. The van der Waals surface area contributed by atoms with Crippen LogP contribution in [0.1, 0.15) is 41.0 Å². The minimum absolute atomic E-state index is 0.235. The first kappa shape index (κ1) is 23.8. The first-order valence-electron chi connectivity index (χ1n) is 8.93. The zero-order chi connectivity index (χ0) is 21.4. The van der Waals surface area contributed by atoms with Gasteiger partial charge in [0.1, 0.15) is 0 Å². The second-order valence-corrected chi connectivity index (χ2v) is 6.72. The first-order valence-corrected chi connectivity index (χ1v) is 8.93. The number of carbonyl (C=O) groups excluding carboxylic acids is 4. The summed E-state index contributed by atoms with van der Waals surface area (Å²) in [5.41, 5.74) is 0. The van der Waals surface area contributed by atoms with Crippen molar-refractivity contribution in [3.8, 4) is 0 Å². The lowest BCUT2D eigenvalue weighted by Gasteiger charge is -2.43. The van der Waals surface area contributed by atoms with Gasteiger partial charge in [0, 0.05) is 20.8 Å². The van der Waals surface area contributed by atoms with Crippen molar-refractivity contribution in [1.29, 1.82) is 0 Å². The van der Waals surface area contributed by atoms with Gasteiger partial charge in [0.15, 0.2) is 30.7 Å². The van der Waals surface area contributed by atoms with Gasteiger partial charge in [0.2, 0.25) is 0 Å². The predicted octanol–water partition coefficient (Wildman–Crippen LogP) is 0.742. The summed E-state index contributed by atoms with van der Waals surface area (Å²) in [5, 5.41) is 0. The molecule has 10 nitrogen and oxygen atoms in total. The van der Waals surface area contributed by atoms with Gasteiger partial charge in [0.05, 0.1) is 13.7 Å². The van der Waals surface area contributed by atoms with Gasteiger partial charge in [0.25, 0.3) is 0 Å². The second-order valence-electron chi connectivity index (χ2n) is 6.72. The van der Waals surface area contributed by atoms with E-state index in [9.17, 15) is 19.2 Å². The molecular weight excluding hydrogens is 376 g/mol. The van der Waals surface area contributed by atoms with Crippen LogP contribution in [0, 0.1) is 5.92 Å². The number of hydrogen-bond donors (Lipinski definition) is 0. The third-order valence-electron chi connectivity index (χ3n) is 3.81. The van der Waals surface area contributed by atoms with Crippen molar-refractivity contribution in [2.24, 2.45) is 5.92 Å². The summed E-state index contributed by atoms with van der Waals surface area (Å²) in [6.07, 6.45) is -5.97. The van der Waals surface area contributed by atoms with Crippen LogP contribution in [0.2, 0.25) is 0 Å². The zero-order valence-corrected chi connectivity index (χ0v) is 17.0. The average molecular weight is 404 g/mol. The topological polar surface area (TPSA) is 124 Å². The molecule has 0 N–H and O–H groups in total. The van der Waals surface area contributed by atoms with Crippen LogP contribution >= 0.6 is 0 Å². The van der Waals surface area contributed by atoms with Gasteiger partial charge >= 0.3 is 23.9 Å². The number of esters is 4. The van der Waals surface area contributed by atoms with Crippen LogP contribution in [0.15, 0.2) is 0 Å². The zero-order valence-electron chi connectivity index (χ0n) is 17.0. The molecule has 0 unspecified atom stereocenters. The van der Waals surface area contributed by atoms with E-state index >= 15 is 0 Å². The van der Waals surface area contributed by atoms with Crippen molar-refractivity contribution < 1.29 is 47.6 Å². The molecule has 0 aromatic rings. The Morgan fingerprint density at radius 3 is 1.82 bits per heavy atom. The molecule has 1 aliphatic heterocycles. The highest BCUT2D eigenvalue weighted by atomic mass is 16.7. The summed E-state index contributed by atoms with van der Waals surface area (Å²) < 4.78 is 31.6. The summed E-state index contributed by atoms with van der Waals surface area (Å²) in [4.78, 5) is 47.0. The third kappa shape index (κ3) is 7.08. The molecular formula is C18H28O10. The molecule has 1 aliphatic rings. The Morgan fingerprint density at radius 1 is 0.857 bits per heavy atom. The molecule has 1 fully saturated rings. The van der Waals surface area contributed by atoms with Crippen molar-refractivity contribution >= 4 is 23.9 Å². The third-order valence-corrected chi connectivity index (χ3v) is 3.81. The summed E-state index contributed by atoms with van der Waals surface area (Å²) in [6, 6.07) is 0. The fraction of sp³-hybridized carbons (Fsp3) is 0.778. The lowest BCUT2D eigenvalue weighted by molar-refractivity contribution is -0.301. The number of methoxy groups -OCH3 is 1. The van der Waals surface area contributed by atoms with E-state index in [-0.39, 0.29) is 6.61 Å². The highest BCUT2D eigenvalue weighted by Gasteiger charge is 2.55. The number of ether oxygens (including phenoxy) is 6. The van der Waals surface area contributed by atoms with Crippen molar-refractivity contribution in [2.45, 2.75) is 71.7 Å². The molecule has 0 bridgehead atoms. The minimum atomic E-state index is -1.44. The maximum absolute atomic E-state index is 12.2. The maximum Gasteiger partial charge on any atom is 0.339 e. The quantitative estimate of drug-likeness (QED) is 0.423. The SMILES string of the molecule is COC(=O)[C@H]1O[C@@H](OCCC(C)C)[C@H](OC(C)=O)[C@@H](OC(C)=O)[C@@H]1OC(C)=O. The first-order chi connectivity index (χ1) is 13.1. The number of carbonyl (C=O) groups is 4. The number of rotatable bonds is 8. The van der Waals surface area contributed by atoms with E-state index in [4.69, 9.17) is 28.4 Å². The Labute approximate surface area is 163 Å². The van der Waals surface area contributed by atoms with Crippen LogP contribution in [-0.2, 0) is 47.6 Å². The average Bonchev–Trinajstić information content (AvgIpc) is 2.57. The van der Waals surface area contributed by atoms with Crippen molar-refractivity contribution in [2.75, 3.05) is 13.7 Å². The molecule has 5 atom stereocenters. The maximum atomic E-state index is 12.2. The van der Waals surface area contributed by atoms with E-state index in [1.807, 2.05) is 13.8 Å². The van der Waals surface area contributed by atoms with Crippen LogP contribution in [0.3, 0.4) is 0 Å². The number of hydrogen-bond acceptors (Lipinski definition) is 10. The lowest BCUT2D eigenvalue weighted by atomic mass is 9.97. The standard InChI is InChI=1S/C18H28O10/c1-9(2)7-8-24-18-16(27-12(5)21)14(26-11(4)20)13(25-10(3)19)15(28-18)17(22)23-6/h9,13-16,18H,7-8H2,1-6H3/t13-,14-,15-,16+,18+/m0/s1. The Morgan fingerprint density at radius 2 is 1.36 bits per heavy atom. The molecule has 0 radical (unpaired) electrons. The summed E-state index contributed by atoms with van der Waals surface area (Å²) in [7, 11) is 1.13.